The zero-order valence-corrected chi connectivity index (χ0v) is 11.9. The van der Waals surface area contributed by atoms with Crippen LogP contribution in [-0.4, -0.2) is 37.1 Å². The summed E-state index contributed by atoms with van der Waals surface area (Å²) in [5, 5.41) is 16.0. The number of nitrogens with zero attached hydrogens (tertiary/aromatic N) is 1. The Hall–Kier alpha value is -2.15. The molecule has 1 aromatic rings. The molecular weight excluding hydrogens is 272 g/mol. The molecule has 1 aliphatic rings. The summed E-state index contributed by atoms with van der Waals surface area (Å²) in [6.07, 6.45) is 3.85. The number of quaternary nitrogens is 1. The number of nitrogens with one attached hydrogen (secondary N) is 3. The molecule has 1 saturated heterocycles. The highest BCUT2D eigenvalue weighted by Crippen LogP contribution is 2.14. The van der Waals surface area contributed by atoms with Crippen molar-refractivity contribution in [3.05, 3.63) is 34.4 Å². The van der Waals surface area contributed by atoms with Crippen molar-refractivity contribution in [2.45, 2.75) is 19.3 Å². The van der Waals surface area contributed by atoms with E-state index < -0.39 is 4.92 Å². The Bertz CT molecular complexity index is 483. The number of carbonyl (C=O) groups is 1. The summed E-state index contributed by atoms with van der Waals surface area (Å²) >= 11 is 0. The molecule has 0 aliphatic carbocycles. The fourth-order valence-corrected chi connectivity index (χ4v) is 2.50. The number of benzene rings is 1. The van der Waals surface area contributed by atoms with Gasteiger partial charge in [-0.05, 0) is 31.4 Å². The Kier molecular flexibility index (Phi) is 5.51. The standard InChI is InChI=1S/C14H20N4O3/c19-14(15-8-11-17-9-2-1-3-10-17)16-12-4-6-13(7-5-12)18(20)21/h4-7H,1-3,8-11H2,(H2,15,16,19)/p+1. The molecule has 0 bridgehead atoms. The van der Waals surface area contributed by atoms with Crippen LogP contribution in [0.5, 0.6) is 0 Å². The monoisotopic (exact) mass is 293 g/mol. The van der Waals surface area contributed by atoms with E-state index in [1.54, 1.807) is 0 Å². The van der Waals surface area contributed by atoms with Gasteiger partial charge in [-0.3, -0.25) is 10.1 Å². The Morgan fingerprint density at radius 3 is 2.48 bits per heavy atom. The van der Waals surface area contributed by atoms with Crippen LogP contribution in [0.1, 0.15) is 19.3 Å². The smallest absolute Gasteiger partial charge is 0.319 e. The summed E-state index contributed by atoms with van der Waals surface area (Å²) in [4.78, 5) is 23.3. The number of hydrogen-bond acceptors (Lipinski definition) is 3. The summed E-state index contributed by atoms with van der Waals surface area (Å²) in [6, 6.07) is 5.50. The summed E-state index contributed by atoms with van der Waals surface area (Å²) in [6.45, 7) is 3.94. The van der Waals surface area contributed by atoms with Crippen molar-refractivity contribution >= 4 is 17.4 Å². The molecule has 2 amide bonds. The largest absolute Gasteiger partial charge is 0.333 e. The minimum atomic E-state index is -0.467. The number of non-ortho nitro benzene ring substituents is 1. The molecule has 7 nitrogen and oxygen atoms in total. The van der Waals surface area contributed by atoms with Gasteiger partial charge in [-0.15, -0.1) is 0 Å². The molecule has 2 rings (SSSR count). The first kappa shape index (κ1) is 15.2. The number of carbonyl (C=O) groups excluding carboxylic acids is 1. The zero-order valence-electron chi connectivity index (χ0n) is 11.9. The quantitative estimate of drug-likeness (QED) is 0.554. The first-order valence-electron chi connectivity index (χ1n) is 7.28. The van der Waals surface area contributed by atoms with Gasteiger partial charge in [-0.1, -0.05) is 0 Å². The fourth-order valence-electron chi connectivity index (χ4n) is 2.50. The number of hydrogen-bond donors (Lipinski definition) is 3. The maximum atomic E-state index is 11.7. The highest BCUT2D eigenvalue weighted by Gasteiger charge is 2.13. The van der Waals surface area contributed by atoms with E-state index in [2.05, 4.69) is 10.6 Å². The Morgan fingerprint density at radius 2 is 1.86 bits per heavy atom. The van der Waals surface area contributed by atoms with E-state index in [4.69, 9.17) is 0 Å². The normalized spacial score (nSPS) is 15.4. The molecule has 0 saturated carbocycles. The van der Waals surface area contributed by atoms with Crippen LogP contribution in [0.4, 0.5) is 16.2 Å². The lowest BCUT2D eigenvalue weighted by Gasteiger charge is -2.23. The van der Waals surface area contributed by atoms with Crippen molar-refractivity contribution in [1.29, 1.82) is 0 Å². The van der Waals surface area contributed by atoms with E-state index in [1.807, 2.05) is 0 Å². The first-order valence-corrected chi connectivity index (χ1v) is 7.28. The van der Waals surface area contributed by atoms with Crippen LogP contribution < -0.4 is 15.5 Å². The molecule has 7 heteroatoms. The summed E-state index contributed by atoms with van der Waals surface area (Å²) in [7, 11) is 0. The van der Waals surface area contributed by atoms with Gasteiger partial charge in [0.1, 0.15) is 0 Å². The second kappa shape index (κ2) is 7.58. The number of nitro groups is 1. The van der Waals surface area contributed by atoms with Crippen molar-refractivity contribution in [1.82, 2.24) is 5.32 Å². The average molecular weight is 293 g/mol. The molecular formula is C14H21N4O3+. The van der Waals surface area contributed by atoms with Gasteiger partial charge in [-0.25, -0.2) is 4.79 Å². The Labute approximate surface area is 123 Å². The lowest BCUT2D eigenvalue weighted by atomic mass is 10.1. The molecule has 0 atom stereocenters. The van der Waals surface area contributed by atoms with E-state index >= 15 is 0 Å². The Morgan fingerprint density at radius 1 is 1.19 bits per heavy atom. The van der Waals surface area contributed by atoms with E-state index in [9.17, 15) is 14.9 Å². The van der Waals surface area contributed by atoms with Gasteiger partial charge in [0.15, 0.2) is 0 Å². The topological polar surface area (TPSA) is 88.7 Å². The van der Waals surface area contributed by atoms with E-state index in [0.29, 0.717) is 12.2 Å². The van der Waals surface area contributed by atoms with Crippen LogP contribution in [0.25, 0.3) is 0 Å². The van der Waals surface area contributed by atoms with Crippen LogP contribution >= 0.6 is 0 Å². The number of rotatable bonds is 5. The third kappa shape index (κ3) is 5.03. The lowest BCUT2D eigenvalue weighted by molar-refractivity contribution is -0.903. The number of piperidine rings is 1. The van der Waals surface area contributed by atoms with Crippen LogP contribution in [0.3, 0.4) is 0 Å². The predicted octanol–water partition coefficient (Wildman–Crippen LogP) is 0.785. The molecule has 0 radical (unpaired) electrons. The zero-order chi connectivity index (χ0) is 15.1. The number of anilines is 1. The molecule has 0 spiro atoms. The molecule has 0 aromatic heterocycles. The number of nitro benzene ring substituents is 1. The van der Waals surface area contributed by atoms with Crippen LogP contribution in [-0.2, 0) is 0 Å². The van der Waals surface area contributed by atoms with Crippen LogP contribution in [0, 0.1) is 10.1 Å². The van der Waals surface area contributed by atoms with Crippen molar-refractivity contribution in [3.63, 3.8) is 0 Å². The molecule has 114 valence electrons. The molecule has 21 heavy (non-hydrogen) atoms. The highest BCUT2D eigenvalue weighted by atomic mass is 16.6. The highest BCUT2D eigenvalue weighted by molar-refractivity contribution is 5.89. The maximum Gasteiger partial charge on any atom is 0.319 e. The second-order valence-corrected chi connectivity index (χ2v) is 5.25. The minimum Gasteiger partial charge on any atom is -0.333 e. The molecule has 0 unspecified atom stereocenters. The predicted molar refractivity (Wildman–Crippen MR) is 79.5 cm³/mol. The van der Waals surface area contributed by atoms with E-state index in [0.717, 1.165) is 6.54 Å². The summed E-state index contributed by atoms with van der Waals surface area (Å²) < 4.78 is 0. The SMILES string of the molecule is O=C(NCC[NH+]1CCCCC1)Nc1ccc([N+](=O)[O-])cc1. The molecule has 3 N–H and O–H groups in total. The van der Waals surface area contributed by atoms with Gasteiger partial charge in [-0.2, -0.15) is 0 Å². The molecule has 1 heterocycles. The molecule has 1 aromatic carbocycles. The van der Waals surface area contributed by atoms with E-state index in [-0.39, 0.29) is 11.7 Å². The van der Waals surface area contributed by atoms with Gasteiger partial charge >= 0.3 is 6.03 Å². The van der Waals surface area contributed by atoms with Gasteiger partial charge in [0.2, 0.25) is 0 Å². The van der Waals surface area contributed by atoms with Crippen molar-refractivity contribution in [3.8, 4) is 0 Å². The summed E-state index contributed by atoms with van der Waals surface area (Å²) in [5.74, 6) is 0. The van der Waals surface area contributed by atoms with Gasteiger partial charge in [0.25, 0.3) is 5.69 Å². The van der Waals surface area contributed by atoms with Crippen molar-refractivity contribution < 1.29 is 14.6 Å². The van der Waals surface area contributed by atoms with Gasteiger partial charge in [0.05, 0.1) is 31.1 Å². The third-order valence-corrected chi connectivity index (χ3v) is 3.66. The average Bonchev–Trinajstić information content (AvgIpc) is 2.49. The van der Waals surface area contributed by atoms with E-state index in [1.165, 1.54) is 61.5 Å². The van der Waals surface area contributed by atoms with Gasteiger partial charge in [0, 0.05) is 17.8 Å². The van der Waals surface area contributed by atoms with Crippen molar-refractivity contribution in [2.75, 3.05) is 31.5 Å². The number of amides is 2. The van der Waals surface area contributed by atoms with Crippen LogP contribution in [0.2, 0.25) is 0 Å². The first-order chi connectivity index (χ1) is 10.1. The van der Waals surface area contributed by atoms with Crippen molar-refractivity contribution in [2.24, 2.45) is 0 Å². The third-order valence-electron chi connectivity index (χ3n) is 3.66. The molecule has 1 fully saturated rings. The fraction of sp³-hybridized carbons (Fsp3) is 0.500. The minimum absolute atomic E-state index is 0.00894. The number of likely N-dealkylation sites (tertiary alicyclic amines) is 1. The van der Waals surface area contributed by atoms with Crippen LogP contribution in [0.15, 0.2) is 24.3 Å². The lowest BCUT2D eigenvalue weighted by Crippen LogP contribution is -3.13. The Balaban J connectivity index is 1.70. The summed E-state index contributed by atoms with van der Waals surface area (Å²) in [5.41, 5.74) is 0.554. The second-order valence-electron chi connectivity index (χ2n) is 5.25. The number of urea groups is 1. The molecule has 1 aliphatic heterocycles. The maximum absolute atomic E-state index is 11.7. The van der Waals surface area contributed by atoms with Gasteiger partial charge < -0.3 is 15.5 Å².